The summed E-state index contributed by atoms with van der Waals surface area (Å²) in [5.74, 6) is 0.613. The van der Waals surface area contributed by atoms with Crippen LogP contribution in [0.5, 0.6) is 11.5 Å². The van der Waals surface area contributed by atoms with E-state index in [1.165, 1.54) is 14.2 Å². The molecule has 142 valence electrons. The molecule has 2 rings (SSSR count). The number of benzene rings is 2. The Kier molecular flexibility index (Phi) is 6.93. The molecule has 2 amide bonds. The molecule has 0 heterocycles. The highest BCUT2D eigenvalue weighted by Gasteiger charge is 2.10. The number of rotatable bonds is 7. The minimum Gasteiger partial charge on any atom is -0.497 e. The zero-order chi connectivity index (χ0) is 19.8. The molecule has 0 aliphatic carbocycles. The molecule has 0 aromatic heterocycles. The summed E-state index contributed by atoms with van der Waals surface area (Å²) >= 11 is 0. The Labute approximate surface area is 158 Å². The highest BCUT2D eigenvalue weighted by molar-refractivity contribution is 6.01. The Morgan fingerprint density at radius 3 is 2.07 bits per heavy atom. The Morgan fingerprint density at radius 2 is 1.56 bits per heavy atom. The molecular formula is C20H23N3O4. The second kappa shape index (κ2) is 9.38. The molecule has 0 unspecified atom stereocenters. The predicted octanol–water partition coefficient (Wildman–Crippen LogP) is 3.21. The Morgan fingerprint density at radius 1 is 0.963 bits per heavy atom. The number of amides is 2. The number of anilines is 1. The summed E-state index contributed by atoms with van der Waals surface area (Å²) < 4.78 is 10.3. The minimum atomic E-state index is -0.377. The molecule has 0 saturated carbocycles. The van der Waals surface area contributed by atoms with Gasteiger partial charge in [0, 0.05) is 23.7 Å². The Bertz CT molecular complexity index is 823. The van der Waals surface area contributed by atoms with Gasteiger partial charge in [-0.05, 0) is 36.8 Å². The van der Waals surface area contributed by atoms with Gasteiger partial charge < -0.3 is 14.8 Å². The van der Waals surface area contributed by atoms with Crippen molar-refractivity contribution in [2.75, 3.05) is 19.5 Å². The summed E-state index contributed by atoms with van der Waals surface area (Å²) in [5, 5.41) is 6.92. The lowest BCUT2D eigenvalue weighted by Crippen LogP contribution is -2.19. The van der Waals surface area contributed by atoms with E-state index >= 15 is 0 Å². The first-order valence-electron chi connectivity index (χ1n) is 8.44. The van der Waals surface area contributed by atoms with Crippen molar-refractivity contribution in [1.82, 2.24) is 5.43 Å². The normalized spacial score (nSPS) is 10.9. The zero-order valence-electron chi connectivity index (χ0n) is 15.8. The van der Waals surface area contributed by atoms with Crippen LogP contribution in [-0.4, -0.2) is 31.7 Å². The third kappa shape index (κ3) is 5.57. The van der Waals surface area contributed by atoms with E-state index in [2.05, 4.69) is 15.8 Å². The summed E-state index contributed by atoms with van der Waals surface area (Å²) in [6.45, 7) is 3.58. The molecule has 2 aromatic rings. The monoisotopic (exact) mass is 369 g/mol. The van der Waals surface area contributed by atoms with E-state index in [0.29, 0.717) is 34.9 Å². The molecule has 0 atom stereocenters. The molecule has 0 aliphatic rings. The van der Waals surface area contributed by atoms with Crippen molar-refractivity contribution in [2.24, 2.45) is 5.10 Å². The fourth-order valence-corrected chi connectivity index (χ4v) is 2.25. The van der Waals surface area contributed by atoms with Crippen LogP contribution in [0.2, 0.25) is 0 Å². The SMILES string of the molecule is CCC(=O)Nc1ccc(/C(C)=N\NC(=O)c2cc(OC)cc(OC)c2)cc1. The van der Waals surface area contributed by atoms with Gasteiger partial charge in [-0.2, -0.15) is 5.10 Å². The van der Waals surface area contributed by atoms with Crippen LogP contribution in [0.3, 0.4) is 0 Å². The molecule has 0 radical (unpaired) electrons. The van der Waals surface area contributed by atoms with E-state index in [1.807, 2.05) is 12.1 Å². The summed E-state index contributed by atoms with van der Waals surface area (Å²) in [6.07, 6.45) is 0.420. The number of hydrogen-bond acceptors (Lipinski definition) is 5. The maximum atomic E-state index is 12.3. The van der Waals surface area contributed by atoms with Gasteiger partial charge in [0.2, 0.25) is 5.91 Å². The average molecular weight is 369 g/mol. The topological polar surface area (TPSA) is 89.0 Å². The first kappa shape index (κ1) is 20.0. The van der Waals surface area contributed by atoms with Crippen molar-refractivity contribution < 1.29 is 19.1 Å². The van der Waals surface area contributed by atoms with Crippen molar-refractivity contribution in [3.8, 4) is 11.5 Å². The van der Waals surface area contributed by atoms with Crippen LogP contribution in [0.4, 0.5) is 5.69 Å². The van der Waals surface area contributed by atoms with E-state index in [4.69, 9.17) is 9.47 Å². The van der Waals surface area contributed by atoms with E-state index in [0.717, 1.165) is 5.56 Å². The van der Waals surface area contributed by atoms with Crippen molar-refractivity contribution in [3.05, 3.63) is 53.6 Å². The lowest BCUT2D eigenvalue weighted by molar-refractivity contribution is -0.115. The predicted molar refractivity (Wildman–Crippen MR) is 105 cm³/mol. The number of nitrogens with zero attached hydrogens (tertiary/aromatic N) is 1. The van der Waals surface area contributed by atoms with Crippen molar-refractivity contribution >= 4 is 23.2 Å². The third-order valence-electron chi connectivity index (χ3n) is 3.85. The van der Waals surface area contributed by atoms with E-state index in [1.54, 1.807) is 44.2 Å². The average Bonchev–Trinajstić information content (AvgIpc) is 2.71. The van der Waals surface area contributed by atoms with E-state index in [9.17, 15) is 9.59 Å². The second-order valence-electron chi connectivity index (χ2n) is 5.72. The second-order valence-corrected chi connectivity index (χ2v) is 5.72. The maximum Gasteiger partial charge on any atom is 0.271 e. The van der Waals surface area contributed by atoms with Crippen LogP contribution in [0, 0.1) is 0 Å². The van der Waals surface area contributed by atoms with Crippen LogP contribution in [0.1, 0.15) is 36.2 Å². The summed E-state index contributed by atoms with van der Waals surface area (Å²) in [4.78, 5) is 23.8. The van der Waals surface area contributed by atoms with E-state index in [-0.39, 0.29) is 11.8 Å². The number of ether oxygens (including phenoxy) is 2. The van der Waals surface area contributed by atoms with Crippen molar-refractivity contribution in [1.29, 1.82) is 0 Å². The zero-order valence-corrected chi connectivity index (χ0v) is 15.8. The van der Waals surface area contributed by atoms with Gasteiger partial charge in [0.25, 0.3) is 5.91 Å². The van der Waals surface area contributed by atoms with Gasteiger partial charge in [0.05, 0.1) is 19.9 Å². The maximum absolute atomic E-state index is 12.3. The number of carbonyl (C=O) groups excluding carboxylic acids is 2. The van der Waals surface area contributed by atoms with Crippen LogP contribution >= 0.6 is 0 Å². The molecule has 7 heteroatoms. The highest BCUT2D eigenvalue weighted by Crippen LogP contribution is 2.22. The van der Waals surface area contributed by atoms with Gasteiger partial charge in [0.1, 0.15) is 11.5 Å². The van der Waals surface area contributed by atoms with Gasteiger partial charge in [-0.1, -0.05) is 19.1 Å². The van der Waals surface area contributed by atoms with E-state index < -0.39 is 0 Å². The molecule has 0 fully saturated rings. The summed E-state index contributed by atoms with van der Waals surface area (Å²) in [6, 6.07) is 12.1. The summed E-state index contributed by atoms with van der Waals surface area (Å²) in [7, 11) is 3.04. The molecule has 2 N–H and O–H groups in total. The van der Waals surface area contributed by atoms with Crippen molar-refractivity contribution in [2.45, 2.75) is 20.3 Å². The van der Waals surface area contributed by atoms with Crippen LogP contribution in [0.25, 0.3) is 0 Å². The Hall–Kier alpha value is -3.35. The molecule has 2 aromatic carbocycles. The smallest absolute Gasteiger partial charge is 0.271 e. The van der Waals surface area contributed by atoms with Gasteiger partial charge in [-0.15, -0.1) is 0 Å². The number of nitrogens with one attached hydrogen (secondary N) is 2. The first-order valence-corrected chi connectivity index (χ1v) is 8.44. The van der Waals surface area contributed by atoms with Crippen LogP contribution in [0.15, 0.2) is 47.6 Å². The first-order chi connectivity index (χ1) is 13.0. The lowest BCUT2D eigenvalue weighted by atomic mass is 10.1. The fraction of sp³-hybridized carbons (Fsp3) is 0.250. The minimum absolute atomic E-state index is 0.0471. The molecular weight excluding hydrogens is 346 g/mol. The molecule has 0 spiro atoms. The van der Waals surface area contributed by atoms with Gasteiger partial charge >= 0.3 is 0 Å². The molecule has 7 nitrogen and oxygen atoms in total. The molecule has 0 bridgehead atoms. The largest absolute Gasteiger partial charge is 0.497 e. The fourth-order valence-electron chi connectivity index (χ4n) is 2.25. The van der Waals surface area contributed by atoms with Crippen molar-refractivity contribution in [3.63, 3.8) is 0 Å². The van der Waals surface area contributed by atoms with Crippen LogP contribution in [-0.2, 0) is 4.79 Å². The standard InChI is InChI=1S/C20H23N3O4/c1-5-19(24)21-16-8-6-14(7-9-16)13(2)22-23-20(25)15-10-17(26-3)12-18(11-15)27-4/h6-12H,5H2,1-4H3,(H,21,24)(H,23,25)/b22-13-. The number of carbonyl (C=O) groups is 2. The number of methoxy groups -OCH3 is 2. The number of hydrazone groups is 1. The highest BCUT2D eigenvalue weighted by atomic mass is 16.5. The molecule has 27 heavy (non-hydrogen) atoms. The molecule has 0 aliphatic heterocycles. The third-order valence-corrected chi connectivity index (χ3v) is 3.85. The quantitative estimate of drug-likeness (QED) is 0.579. The number of hydrogen-bond donors (Lipinski definition) is 2. The summed E-state index contributed by atoms with van der Waals surface area (Å²) in [5.41, 5.74) is 5.07. The van der Waals surface area contributed by atoms with Gasteiger partial charge in [0.15, 0.2) is 0 Å². The van der Waals surface area contributed by atoms with Crippen LogP contribution < -0.4 is 20.2 Å². The Balaban J connectivity index is 2.08. The molecule has 0 saturated heterocycles. The van der Waals surface area contributed by atoms with Gasteiger partial charge in [-0.3, -0.25) is 9.59 Å². The lowest BCUT2D eigenvalue weighted by Gasteiger charge is -2.08. The van der Waals surface area contributed by atoms with Gasteiger partial charge in [-0.25, -0.2) is 5.43 Å².